The zero-order chi connectivity index (χ0) is 61.1. The molecule has 83 heavy (non-hydrogen) atoms. The minimum atomic E-state index is -3.70. The van der Waals surface area contributed by atoms with Crippen molar-refractivity contribution >= 4 is 74.0 Å². The average molecular weight is 1290 g/mol. The van der Waals surface area contributed by atoms with Crippen molar-refractivity contribution in [1.82, 2.24) is 19.1 Å². The number of oxime groups is 2. The molecule has 29 nitrogen and oxygen atoms in total. The summed E-state index contributed by atoms with van der Waals surface area (Å²) in [4.78, 5) is 64.3. The molecule has 8 N–H and O–H groups in total. The quantitative estimate of drug-likeness (QED) is 0.0257. The van der Waals surface area contributed by atoms with Crippen LogP contribution in [-0.4, -0.2) is 166 Å². The Bertz CT molecular complexity index is 3310. The number of benzene rings is 2. The molecule has 2 aromatic carbocycles. The van der Waals surface area contributed by atoms with Gasteiger partial charge in [0.2, 0.25) is 0 Å². The highest BCUT2D eigenvalue weighted by atomic mass is 35.5. The molecule has 2 aromatic heterocycles. The number of methoxy groups -OCH3 is 2. The summed E-state index contributed by atoms with van der Waals surface area (Å²) >= 11 is 24.8. The Morgan fingerprint density at radius 3 is 1.53 bits per heavy atom. The molecular weight excluding hydrogens is 1230 g/mol. The molecule has 0 amide bonds. The van der Waals surface area contributed by atoms with Crippen molar-refractivity contribution in [1.29, 1.82) is 0 Å². The van der Waals surface area contributed by atoms with Crippen LogP contribution in [0.15, 0.2) is 54.0 Å². The number of hydrogen-bond donors (Lipinski definition) is 8. The molecule has 3 aliphatic rings. The van der Waals surface area contributed by atoms with Crippen molar-refractivity contribution in [2.75, 3.05) is 67.2 Å². The summed E-state index contributed by atoms with van der Waals surface area (Å²) in [6, 6.07) is 2.69. The van der Waals surface area contributed by atoms with Gasteiger partial charge in [-0.05, 0) is 20.3 Å². The Morgan fingerprint density at radius 2 is 1.13 bits per heavy atom. The number of aliphatic hydroxyl groups is 4. The van der Waals surface area contributed by atoms with Crippen LogP contribution in [0.25, 0.3) is 0 Å². The van der Waals surface area contributed by atoms with Gasteiger partial charge in [0.15, 0.2) is 47.8 Å². The van der Waals surface area contributed by atoms with Gasteiger partial charge in [0, 0.05) is 104 Å². The van der Waals surface area contributed by atoms with E-state index in [9.17, 15) is 53.8 Å². The number of phenolic OH excluding ortho intramolecular Hbond substituents is 2. The summed E-state index contributed by atoms with van der Waals surface area (Å²) in [5.41, 5.74) is -1.66. The van der Waals surface area contributed by atoms with E-state index in [0.29, 0.717) is 0 Å². The van der Waals surface area contributed by atoms with E-state index in [-0.39, 0.29) is 131 Å². The molecule has 0 radical (unpaired) electrons. The highest BCUT2D eigenvalue weighted by Gasteiger charge is 2.42. The lowest BCUT2D eigenvalue weighted by molar-refractivity contribution is -0.169. The third kappa shape index (κ3) is 17.9. The van der Waals surface area contributed by atoms with E-state index in [0.717, 1.165) is 0 Å². The van der Waals surface area contributed by atoms with Crippen LogP contribution in [0.2, 0.25) is 20.1 Å². The number of ether oxygens (including phenoxy) is 5. The molecule has 0 aliphatic carbocycles. The summed E-state index contributed by atoms with van der Waals surface area (Å²) in [5, 5.41) is 66.0. The van der Waals surface area contributed by atoms with Gasteiger partial charge in [-0.25, -0.2) is 9.59 Å². The summed E-state index contributed by atoms with van der Waals surface area (Å²) < 4.78 is 76.8. The van der Waals surface area contributed by atoms with E-state index in [4.69, 9.17) is 103 Å². The highest BCUT2D eigenvalue weighted by Crippen LogP contribution is 2.48. The second kappa shape index (κ2) is 30.0. The van der Waals surface area contributed by atoms with Crippen LogP contribution in [0.5, 0.6) is 23.0 Å². The van der Waals surface area contributed by atoms with Gasteiger partial charge in [0.25, 0.3) is 11.1 Å². The topological polar surface area (TPSA) is 391 Å². The van der Waals surface area contributed by atoms with Gasteiger partial charge in [-0.15, -0.1) is 0 Å². The lowest BCUT2D eigenvalue weighted by Crippen LogP contribution is -2.33. The third-order valence-corrected chi connectivity index (χ3v) is 16.7. The lowest BCUT2D eigenvalue weighted by Gasteiger charge is -2.21. The summed E-state index contributed by atoms with van der Waals surface area (Å²) in [7, 11) is -4.66. The van der Waals surface area contributed by atoms with Crippen molar-refractivity contribution in [3.63, 3.8) is 0 Å². The largest absolute Gasteiger partial charge is 0.503 e. The lowest BCUT2D eigenvalue weighted by atomic mass is 10.1. The first-order chi connectivity index (χ1) is 39.2. The van der Waals surface area contributed by atoms with E-state index >= 15 is 0 Å². The number of phenols is 2. The molecule has 0 bridgehead atoms. The number of H-pyrrole nitrogens is 2. The Labute approximate surface area is 492 Å². The zero-order valence-electron chi connectivity index (χ0n) is 45.1. The van der Waals surface area contributed by atoms with Crippen molar-refractivity contribution in [2.45, 2.75) is 89.0 Å². The van der Waals surface area contributed by atoms with Crippen molar-refractivity contribution in [3.05, 3.63) is 109 Å². The second-order valence-electron chi connectivity index (χ2n) is 19.0. The van der Waals surface area contributed by atoms with Gasteiger partial charge in [0.1, 0.15) is 24.7 Å². The van der Waals surface area contributed by atoms with Crippen molar-refractivity contribution in [2.24, 2.45) is 22.1 Å². The molecule has 460 valence electrons. The van der Waals surface area contributed by atoms with E-state index < -0.39 is 99.0 Å². The maximum Gasteiger partial charge on any atom is 0.330 e. The van der Waals surface area contributed by atoms with Gasteiger partial charge < -0.3 is 82.1 Å². The first-order valence-corrected chi connectivity index (χ1v) is 30.5. The number of aliphatic hydroxyl groups excluding tert-OH is 4. The van der Waals surface area contributed by atoms with Crippen molar-refractivity contribution < 1.29 is 91.2 Å². The fourth-order valence-electron chi connectivity index (χ4n) is 8.17. The Kier molecular flexibility index (Phi) is 24.3. The number of nitrogens with zero attached hydrogens (tertiary/aromatic N) is 4. The molecule has 4 aromatic rings. The first kappa shape index (κ1) is 67.2. The number of halogens is 4. The molecule has 0 spiro atoms. The van der Waals surface area contributed by atoms with Crippen LogP contribution in [0.3, 0.4) is 0 Å². The molecule has 0 saturated carbocycles. The maximum absolute atomic E-state index is 13.0. The number of aryl methyl sites for hydroxylation is 2. The maximum atomic E-state index is 13.0. The molecule has 3 aliphatic heterocycles. The summed E-state index contributed by atoms with van der Waals surface area (Å²) in [5.74, 6) is -1.60. The van der Waals surface area contributed by atoms with E-state index in [2.05, 4.69) is 20.3 Å². The van der Waals surface area contributed by atoms with Gasteiger partial charge in [0.05, 0.1) is 73.2 Å². The minimum absolute atomic E-state index is 0.0600. The fourth-order valence-corrected chi connectivity index (χ4v) is 11.2. The van der Waals surface area contributed by atoms with E-state index in [1.165, 1.54) is 87.5 Å². The van der Waals surface area contributed by atoms with Gasteiger partial charge in [-0.2, -0.15) is 0 Å². The standard InChI is InChI=1S/C24H30Cl2N3O12P.C24H32Cl2N3O11P/c1-11-8-29(24(34)28-22(11)32)18-6-15(41-27-7-13-14(25)5-16(36-2)21(31)20(13)26)17(39-18)10-38-42(3,35)37-9-12-4-19(30)40-23(12)33;1-13-9-29(24(34)28-23(13)33)20-7-17(40-27-8-15-16(25)6-18(36-2)22(32)21(15)26)19(39-20)12-38-41(3,35)37-11-14(10-31)4-5-30/h5,7-8,12,15,17-19,23,30-31,33H,4,6,9-10H2,1-3H3,(H,28,32,34);6,8-9,14,17,19-20,30-32H,4-5,7,10-12H2,1-3H3,(H,28,33,34)/b27-7+;27-8+/t12-,15+,17+,18+,19?,23?,42?;14-,17-,19-,20-,41?/m01/s1. The van der Waals surface area contributed by atoms with Crippen LogP contribution >= 0.6 is 61.6 Å². The molecule has 3 saturated heterocycles. The van der Waals surface area contributed by atoms with Gasteiger partial charge >= 0.3 is 26.6 Å². The molecule has 7 rings (SSSR count). The minimum Gasteiger partial charge on any atom is -0.503 e. The Balaban J connectivity index is 0.000000267. The zero-order valence-corrected chi connectivity index (χ0v) is 49.9. The molecule has 5 heterocycles. The first-order valence-electron chi connectivity index (χ1n) is 25.0. The van der Waals surface area contributed by atoms with E-state index in [1.807, 2.05) is 0 Å². The fraction of sp³-hybridized carbons (Fsp3) is 0.542. The number of aromatic amines is 2. The monoisotopic (exact) mass is 1290 g/mol. The van der Waals surface area contributed by atoms with Crippen LogP contribution in [0.4, 0.5) is 0 Å². The molecule has 35 heteroatoms. The number of hydrogen-bond acceptors (Lipinski definition) is 25. The molecule has 12 atom stereocenters. The number of aromatic nitrogens is 4. The van der Waals surface area contributed by atoms with Gasteiger partial charge in [-0.1, -0.05) is 56.7 Å². The summed E-state index contributed by atoms with van der Waals surface area (Å²) in [6.07, 6.45) is -2.28. The SMILES string of the molecule is COc1cc(Cl)c(/C=N/O[C@@H]2C[C@H](n3cc(C)c(=O)[nH]c3=O)O[C@@H]2COP(C)(=O)OC[C@@H](CO)CCO)c(Cl)c1O.COc1cc(Cl)c(/C=N/O[C@@H]2C[C@H](n3cc(C)c(=O)[nH]c3=O)O[C@@H]2COP(C)(=O)OC[C@@H]2CC(O)OC2O)c(Cl)c1O. The van der Waals surface area contributed by atoms with Crippen LogP contribution < -0.4 is 32.0 Å². The Hall–Kier alpha value is -4.88. The van der Waals surface area contributed by atoms with Gasteiger partial charge in [-0.3, -0.25) is 37.8 Å². The smallest absolute Gasteiger partial charge is 0.330 e. The average Bonchev–Trinajstić information content (AvgIpc) is 4.40. The molecular formula is C48H62Cl4N6O23P2. The molecule has 3 fully saturated rings. The number of nitrogens with one attached hydrogen (secondary N) is 2. The highest BCUT2D eigenvalue weighted by molar-refractivity contribution is 7.53. The van der Waals surface area contributed by atoms with Crippen LogP contribution in [0, 0.1) is 25.7 Å². The van der Waals surface area contributed by atoms with Crippen molar-refractivity contribution in [3.8, 4) is 23.0 Å². The van der Waals surface area contributed by atoms with E-state index in [1.54, 1.807) is 0 Å². The number of rotatable bonds is 25. The normalized spacial score (nSPS) is 24.3. The molecule has 4 unspecified atom stereocenters. The predicted molar refractivity (Wildman–Crippen MR) is 298 cm³/mol. The van der Waals surface area contributed by atoms with Crippen LogP contribution in [0.1, 0.15) is 60.4 Å². The van der Waals surface area contributed by atoms with Crippen LogP contribution in [-0.2, 0) is 51.1 Å². The second-order valence-corrected chi connectivity index (χ2v) is 24.7. The Morgan fingerprint density at radius 1 is 0.699 bits per heavy atom. The third-order valence-electron chi connectivity index (χ3n) is 12.9. The summed E-state index contributed by atoms with van der Waals surface area (Å²) in [6.45, 7) is 4.16. The number of aromatic hydroxyl groups is 2. The predicted octanol–water partition coefficient (Wildman–Crippen LogP) is 4.52.